The quantitative estimate of drug-likeness (QED) is 0.379. The molecule has 1 N–H and O–H groups in total. The molecule has 2 rings (SSSR count). The van der Waals surface area contributed by atoms with Gasteiger partial charge in [0.25, 0.3) is 0 Å². The van der Waals surface area contributed by atoms with Gasteiger partial charge in [0, 0.05) is 60.7 Å². The molecule has 0 spiro atoms. The van der Waals surface area contributed by atoms with Gasteiger partial charge in [0.05, 0.1) is 12.1 Å². The lowest BCUT2D eigenvalue weighted by Crippen LogP contribution is -2.63. The van der Waals surface area contributed by atoms with Gasteiger partial charge >= 0.3 is 0 Å². The van der Waals surface area contributed by atoms with E-state index in [-0.39, 0.29) is 23.5 Å². The second kappa shape index (κ2) is 7.11. The van der Waals surface area contributed by atoms with Crippen LogP contribution in [0.4, 0.5) is 0 Å². The molecule has 1 atom stereocenters. The second-order valence-corrected chi connectivity index (χ2v) is 7.05. The molecule has 1 unspecified atom stereocenters. The lowest BCUT2D eigenvalue weighted by molar-refractivity contribution is -0.235. The fourth-order valence-corrected chi connectivity index (χ4v) is 3.08. The Kier molecular flexibility index (Phi) is 5.64. The number of amidine groups is 1. The average Bonchev–Trinajstić information content (AvgIpc) is 2.53. The van der Waals surface area contributed by atoms with Gasteiger partial charge < -0.3 is 20.2 Å². The third-order valence-electron chi connectivity index (χ3n) is 4.38. The van der Waals surface area contributed by atoms with Crippen molar-refractivity contribution in [3.63, 3.8) is 0 Å². The standard InChI is InChI=1S/C14H27N5O2P/c1-14(2,3)19-5-4-15-11(10-19)12(20)17-6-8-18(9-7-17)13(21)16-22/h11,15,22H,4-10H2,1-3H3,(H,16,21)/p-1. The number of carbonyl (C=O) groups is 1. The van der Waals surface area contributed by atoms with Crippen molar-refractivity contribution in [3.8, 4) is 0 Å². The first-order valence-corrected chi connectivity index (χ1v) is 8.21. The number of amides is 1. The van der Waals surface area contributed by atoms with Crippen LogP contribution in [0.25, 0.3) is 0 Å². The van der Waals surface area contributed by atoms with Crippen LogP contribution in [-0.2, 0) is 4.79 Å². The summed E-state index contributed by atoms with van der Waals surface area (Å²) in [6.45, 7) is 11.3. The van der Waals surface area contributed by atoms with Gasteiger partial charge in [-0.25, -0.2) is 0 Å². The molecular formula is C14H26N5O2P-. The van der Waals surface area contributed by atoms with E-state index in [1.54, 1.807) is 4.90 Å². The highest BCUT2D eigenvalue weighted by molar-refractivity contribution is 7.15. The van der Waals surface area contributed by atoms with Gasteiger partial charge in [-0.1, -0.05) is 0 Å². The van der Waals surface area contributed by atoms with Crippen LogP contribution in [0.3, 0.4) is 0 Å². The topological polar surface area (TPSA) is 74.2 Å². The molecule has 0 aromatic rings. The van der Waals surface area contributed by atoms with Crippen LogP contribution in [0.5, 0.6) is 0 Å². The van der Waals surface area contributed by atoms with Crippen LogP contribution in [0.15, 0.2) is 4.76 Å². The van der Waals surface area contributed by atoms with E-state index in [0.717, 1.165) is 19.6 Å². The minimum absolute atomic E-state index is 0.0724. The van der Waals surface area contributed by atoms with Gasteiger partial charge in [-0.3, -0.25) is 14.5 Å². The van der Waals surface area contributed by atoms with Crippen molar-refractivity contribution in [2.24, 2.45) is 4.76 Å². The van der Waals surface area contributed by atoms with E-state index in [9.17, 15) is 9.90 Å². The average molecular weight is 327 g/mol. The van der Waals surface area contributed by atoms with E-state index in [0.29, 0.717) is 26.2 Å². The Labute approximate surface area is 135 Å². The summed E-state index contributed by atoms with van der Waals surface area (Å²) in [4.78, 5) is 18.5. The van der Waals surface area contributed by atoms with Crippen LogP contribution < -0.4 is 10.4 Å². The number of rotatable bonds is 1. The van der Waals surface area contributed by atoms with E-state index in [4.69, 9.17) is 0 Å². The van der Waals surface area contributed by atoms with Gasteiger partial charge in [0.1, 0.15) is 0 Å². The molecule has 0 aromatic carbocycles. The van der Waals surface area contributed by atoms with Gasteiger partial charge in [-0.15, -0.1) is 0 Å². The highest BCUT2D eigenvalue weighted by atomic mass is 31.0. The van der Waals surface area contributed by atoms with Gasteiger partial charge in [0.2, 0.25) is 5.91 Å². The Morgan fingerprint density at radius 2 is 1.77 bits per heavy atom. The maximum Gasteiger partial charge on any atom is 0.241 e. The number of hydrogen-bond donors (Lipinski definition) is 1. The lowest BCUT2D eigenvalue weighted by atomic mass is 10.0. The Bertz CT molecular complexity index is 429. The second-order valence-electron chi connectivity index (χ2n) is 6.83. The molecule has 1 amide bonds. The third kappa shape index (κ3) is 4.09. The zero-order valence-electron chi connectivity index (χ0n) is 13.6. The first-order chi connectivity index (χ1) is 10.3. The van der Waals surface area contributed by atoms with E-state index in [1.807, 2.05) is 4.90 Å². The molecule has 0 aliphatic carbocycles. The molecule has 2 aliphatic heterocycles. The Morgan fingerprint density at radius 3 is 2.32 bits per heavy atom. The zero-order valence-corrected chi connectivity index (χ0v) is 14.6. The summed E-state index contributed by atoms with van der Waals surface area (Å²) < 4.78 is 3.48. The molecular weight excluding hydrogens is 301 g/mol. The van der Waals surface area contributed by atoms with Crippen LogP contribution in [-0.4, -0.2) is 84.0 Å². The SMILES string of the molecule is CC(C)(C)N1CCNC(C(=O)N2CCN(/C([O-])=N/[PH])CC2)C1. The van der Waals surface area contributed by atoms with Crippen molar-refractivity contribution in [1.29, 1.82) is 0 Å². The summed E-state index contributed by atoms with van der Waals surface area (Å²) >= 11 is 0. The van der Waals surface area contributed by atoms with Crippen molar-refractivity contribution in [1.82, 2.24) is 20.0 Å². The minimum atomic E-state index is -0.279. The normalized spacial score (nSPS) is 25.5. The molecule has 2 fully saturated rings. The van der Waals surface area contributed by atoms with E-state index in [2.05, 4.69) is 45.1 Å². The molecule has 22 heavy (non-hydrogen) atoms. The first kappa shape index (κ1) is 17.4. The zero-order chi connectivity index (χ0) is 16.3. The van der Waals surface area contributed by atoms with Crippen molar-refractivity contribution >= 4 is 21.3 Å². The molecule has 0 bridgehead atoms. The molecule has 7 nitrogen and oxygen atoms in total. The molecule has 0 saturated carbocycles. The maximum atomic E-state index is 12.7. The molecule has 2 aliphatic rings. The number of piperazine rings is 2. The molecule has 8 heteroatoms. The molecule has 125 valence electrons. The highest BCUT2D eigenvalue weighted by Crippen LogP contribution is 2.16. The molecule has 2 heterocycles. The predicted octanol–water partition coefficient (Wildman–Crippen LogP) is -1.02. The monoisotopic (exact) mass is 327 g/mol. The summed E-state index contributed by atoms with van der Waals surface area (Å²) in [6.07, 6.45) is 0. The fraction of sp³-hybridized carbons (Fsp3) is 0.857. The first-order valence-electron chi connectivity index (χ1n) is 7.76. The van der Waals surface area contributed by atoms with Crippen LogP contribution in [0, 0.1) is 0 Å². The van der Waals surface area contributed by atoms with Crippen molar-refractivity contribution in [2.45, 2.75) is 32.4 Å². The van der Waals surface area contributed by atoms with Gasteiger partial charge in [0.15, 0.2) is 0 Å². The number of nitrogens with zero attached hydrogens (tertiary/aromatic N) is 4. The summed E-state index contributed by atoms with van der Waals surface area (Å²) in [6, 6.07) is -0.436. The minimum Gasteiger partial charge on any atom is -0.846 e. The lowest BCUT2D eigenvalue weighted by Gasteiger charge is -2.44. The molecule has 0 aromatic heterocycles. The molecule has 1 radical (unpaired) electrons. The van der Waals surface area contributed by atoms with E-state index in [1.165, 1.54) is 0 Å². The summed E-state index contributed by atoms with van der Waals surface area (Å²) in [5, 5.41) is 14.8. The van der Waals surface area contributed by atoms with E-state index < -0.39 is 0 Å². The largest absolute Gasteiger partial charge is 0.846 e. The summed E-state index contributed by atoms with van der Waals surface area (Å²) in [5.74, 6) is 0.136. The smallest absolute Gasteiger partial charge is 0.241 e. The number of nitrogens with one attached hydrogen (secondary N) is 1. The van der Waals surface area contributed by atoms with Crippen LogP contribution in [0.1, 0.15) is 20.8 Å². The number of hydrogen-bond acceptors (Lipinski definition) is 5. The summed E-state index contributed by atoms with van der Waals surface area (Å²) in [5.41, 5.74) is 0.0724. The van der Waals surface area contributed by atoms with Crippen molar-refractivity contribution in [3.05, 3.63) is 0 Å². The Balaban J connectivity index is 1.90. The third-order valence-corrected chi connectivity index (χ3v) is 4.57. The van der Waals surface area contributed by atoms with Gasteiger partial charge in [-0.05, 0) is 20.8 Å². The predicted molar refractivity (Wildman–Crippen MR) is 87.0 cm³/mol. The summed E-state index contributed by atoms with van der Waals surface area (Å²) in [7, 11) is 2.87. The van der Waals surface area contributed by atoms with Gasteiger partial charge in [-0.2, -0.15) is 0 Å². The Hall–Kier alpha value is -0.910. The van der Waals surface area contributed by atoms with Crippen LogP contribution in [0.2, 0.25) is 0 Å². The Morgan fingerprint density at radius 1 is 1.18 bits per heavy atom. The maximum absolute atomic E-state index is 12.7. The number of carbonyl (C=O) groups excluding carboxylic acids is 1. The van der Waals surface area contributed by atoms with Crippen molar-refractivity contribution < 1.29 is 9.90 Å². The van der Waals surface area contributed by atoms with Crippen LogP contribution >= 0.6 is 9.39 Å². The molecule has 2 saturated heterocycles. The van der Waals surface area contributed by atoms with E-state index >= 15 is 0 Å². The fourth-order valence-electron chi connectivity index (χ4n) is 2.93. The highest BCUT2D eigenvalue weighted by Gasteiger charge is 2.34. The van der Waals surface area contributed by atoms with Crippen molar-refractivity contribution in [2.75, 3.05) is 45.8 Å².